The molecule has 0 spiro atoms. The number of hydrogen-bond acceptors (Lipinski definition) is 2. The highest BCUT2D eigenvalue weighted by molar-refractivity contribution is 7.80. The third-order valence-corrected chi connectivity index (χ3v) is 1.73. The maximum atomic E-state index is 5.04. The van der Waals surface area contributed by atoms with E-state index in [0.717, 1.165) is 5.69 Å². The summed E-state index contributed by atoms with van der Waals surface area (Å²) in [6.07, 6.45) is 0. The number of para-hydroxylation sites is 1. The van der Waals surface area contributed by atoms with Gasteiger partial charge in [0.2, 0.25) is 0 Å². The molecule has 3 nitrogen and oxygen atoms in total. The lowest BCUT2D eigenvalue weighted by Crippen LogP contribution is -2.41. The minimum atomic E-state index is 0.340. The van der Waals surface area contributed by atoms with E-state index in [1.54, 1.807) is 0 Å². The van der Waals surface area contributed by atoms with Crippen LogP contribution >= 0.6 is 12.2 Å². The molecule has 0 aliphatic rings. The predicted molar refractivity (Wildman–Crippen MR) is 64.1 cm³/mol. The number of hydrogen-bond donors (Lipinski definition) is 3. The second-order valence-electron chi connectivity index (χ2n) is 3.24. The molecule has 76 valence electrons. The van der Waals surface area contributed by atoms with E-state index >= 15 is 0 Å². The molecule has 0 saturated carbocycles. The van der Waals surface area contributed by atoms with Crippen LogP contribution in [0.5, 0.6) is 0 Å². The summed E-state index contributed by atoms with van der Waals surface area (Å²) in [6, 6.07) is 10.2. The van der Waals surface area contributed by atoms with E-state index in [9.17, 15) is 0 Å². The van der Waals surface area contributed by atoms with Crippen LogP contribution in [0.3, 0.4) is 0 Å². The molecule has 0 heterocycles. The van der Waals surface area contributed by atoms with Gasteiger partial charge in [-0.25, -0.2) is 0 Å². The first-order valence-electron chi connectivity index (χ1n) is 4.56. The average Bonchev–Trinajstić information content (AvgIpc) is 2.15. The molecule has 0 unspecified atom stereocenters. The number of thiocarbonyl (C=S) groups is 1. The van der Waals surface area contributed by atoms with E-state index in [4.69, 9.17) is 12.2 Å². The van der Waals surface area contributed by atoms with Crippen molar-refractivity contribution < 1.29 is 0 Å². The summed E-state index contributed by atoms with van der Waals surface area (Å²) >= 11 is 5.04. The van der Waals surface area contributed by atoms with E-state index in [1.165, 1.54) is 0 Å². The quantitative estimate of drug-likeness (QED) is 0.525. The minimum Gasteiger partial charge on any atom is -0.359 e. The molecule has 0 fully saturated rings. The largest absolute Gasteiger partial charge is 0.359 e. The van der Waals surface area contributed by atoms with Crippen molar-refractivity contribution in [3.05, 3.63) is 30.3 Å². The van der Waals surface area contributed by atoms with Gasteiger partial charge in [0.05, 0.1) is 5.69 Å². The van der Waals surface area contributed by atoms with Crippen LogP contribution in [0.2, 0.25) is 0 Å². The second kappa shape index (κ2) is 5.44. The second-order valence-corrected chi connectivity index (χ2v) is 3.65. The lowest BCUT2D eigenvalue weighted by molar-refractivity contribution is 0.724. The van der Waals surface area contributed by atoms with E-state index in [1.807, 2.05) is 44.2 Å². The van der Waals surface area contributed by atoms with Crippen molar-refractivity contribution in [2.24, 2.45) is 0 Å². The third-order valence-electron chi connectivity index (χ3n) is 1.51. The molecule has 14 heavy (non-hydrogen) atoms. The minimum absolute atomic E-state index is 0.340. The Morgan fingerprint density at radius 2 is 1.86 bits per heavy atom. The Morgan fingerprint density at radius 1 is 1.21 bits per heavy atom. The van der Waals surface area contributed by atoms with Gasteiger partial charge in [-0.15, -0.1) is 0 Å². The van der Waals surface area contributed by atoms with Crippen molar-refractivity contribution >= 4 is 23.0 Å². The number of benzene rings is 1. The van der Waals surface area contributed by atoms with Crippen molar-refractivity contribution in [1.29, 1.82) is 0 Å². The summed E-state index contributed by atoms with van der Waals surface area (Å²) in [5.41, 5.74) is 6.88. The molecule has 0 bridgehead atoms. The Labute approximate surface area is 89.9 Å². The molecule has 1 aromatic carbocycles. The van der Waals surface area contributed by atoms with Crippen molar-refractivity contribution in [2.45, 2.75) is 19.9 Å². The van der Waals surface area contributed by atoms with Gasteiger partial charge in [-0.3, -0.25) is 10.9 Å². The smallest absolute Gasteiger partial charge is 0.185 e. The zero-order valence-corrected chi connectivity index (χ0v) is 9.19. The van der Waals surface area contributed by atoms with Gasteiger partial charge >= 0.3 is 0 Å². The van der Waals surface area contributed by atoms with Crippen molar-refractivity contribution in [2.75, 3.05) is 5.43 Å². The average molecular weight is 209 g/mol. The summed E-state index contributed by atoms with van der Waals surface area (Å²) in [5, 5.41) is 3.67. The maximum Gasteiger partial charge on any atom is 0.185 e. The Hall–Kier alpha value is -1.29. The van der Waals surface area contributed by atoms with Crippen LogP contribution in [0.25, 0.3) is 0 Å². The number of hydrazine groups is 1. The Balaban J connectivity index is 2.31. The van der Waals surface area contributed by atoms with E-state index in [2.05, 4.69) is 16.2 Å². The fourth-order valence-corrected chi connectivity index (χ4v) is 1.24. The first-order valence-corrected chi connectivity index (χ1v) is 4.97. The van der Waals surface area contributed by atoms with Crippen molar-refractivity contribution in [3.8, 4) is 0 Å². The normalized spacial score (nSPS) is 9.64. The standard InChI is InChI=1S/C10H15N3S/c1-8(2)11-10(14)13-12-9-6-4-3-5-7-9/h3-8,12H,1-2H3,(H2,11,13,14). The molecule has 1 aromatic rings. The summed E-state index contributed by atoms with van der Waals surface area (Å²) < 4.78 is 0. The lowest BCUT2D eigenvalue weighted by Gasteiger charge is -2.14. The topological polar surface area (TPSA) is 36.1 Å². The Morgan fingerprint density at radius 3 is 2.43 bits per heavy atom. The molecular weight excluding hydrogens is 194 g/mol. The molecule has 3 N–H and O–H groups in total. The van der Waals surface area contributed by atoms with E-state index < -0.39 is 0 Å². The van der Waals surface area contributed by atoms with Gasteiger partial charge in [0.25, 0.3) is 0 Å². The summed E-state index contributed by atoms with van der Waals surface area (Å²) in [7, 11) is 0. The zero-order chi connectivity index (χ0) is 10.4. The summed E-state index contributed by atoms with van der Waals surface area (Å²) in [5.74, 6) is 0. The van der Waals surface area contributed by atoms with Crippen LogP contribution in [0.4, 0.5) is 5.69 Å². The van der Waals surface area contributed by atoms with Crippen LogP contribution in [-0.4, -0.2) is 11.2 Å². The number of nitrogens with one attached hydrogen (secondary N) is 3. The van der Waals surface area contributed by atoms with E-state index in [0.29, 0.717) is 11.2 Å². The molecule has 0 radical (unpaired) electrons. The summed E-state index contributed by atoms with van der Waals surface area (Å²) in [4.78, 5) is 0. The SMILES string of the molecule is CC(C)NC(=S)NNc1ccccc1. The van der Waals surface area contributed by atoms with Gasteiger partial charge in [-0.2, -0.15) is 0 Å². The predicted octanol–water partition coefficient (Wildman–Crippen LogP) is 1.89. The van der Waals surface area contributed by atoms with Crippen molar-refractivity contribution in [3.63, 3.8) is 0 Å². The van der Waals surface area contributed by atoms with Crippen LogP contribution in [0.15, 0.2) is 30.3 Å². The highest BCUT2D eigenvalue weighted by Gasteiger charge is 1.96. The van der Waals surface area contributed by atoms with Crippen molar-refractivity contribution in [1.82, 2.24) is 10.7 Å². The monoisotopic (exact) mass is 209 g/mol. The van der Waals surface area contributed by atoms with Gasteiger partial charge < -0.3 is 5.32 Å². The van der Waals surface area contributed by atoms with Crippen LogP contribution < -0.4 is 16.2 Å². The number of anilines is 1. The van der Waals surface area contributed by atoms with E-state index in [-0.39, 0.29) is 0 Å². The van der Waals surface area contributed by atoms with Gasteiger partial charge in [-0.1, -0.05) is 18.2 Å². The zero-order valence-electron chi connectivity index (χ0n) is 8.37. The maximum absolute atomic E-state index is 5.04. The number of rotatable bonds is 3. The first kappa shape index (κ1) is 10.8. The van der Waals surface area contributed by atoms with Gasteiger partial charge in [0, 0.05) is 6.04 Å². The fourth-order valence-electron chi connectivity index (χ4n) is 0.949. The molecule has 4 heteroatoms. The van der Waals surface area contributed by atoms with Gasteiger partial charge in [0.15, 0.2) is 5.11 Å². The van der Waals surface area contributed by atoms with Gasteiger partial charge in [-0.05, 0) is 38.2 Å². The summed E-state index contributed by atoms with van der Waals surface area (Å²) in [6.45, 7) is 4.08. The lowest BCUT2D eigenvalue weighted by atomic mass is 10.3. The molecule has 0 amide bonds. The molecule has 0 aliphatic heterocycles. The molecular formula is C10H15N3S. The van der Waals surface area contributed by atoms with Crippen LogP contribution in [-0.2, 0) is 0 Å². The third kappa shape index (κ3) is 4.09. The molecule has 0 atom stereocenters. The highest BCUT2D eigenvalue weighted by Crippen LogP contribution is 2.02. The van der Waals surface area contributed by atoms with Gasteiger partial charge in [0.1, 0.15) is 0 Å². The van der Waals surface area contributed by atoms with Crippen LogP contribution in [0.1, 0.15) is 13.8 Å². The highest BCUT2D eigenvalue weighted by atomic mass is 32.1. The molecule has 0 saturated heterocycles. The van der Waals surface area contributed by atoms with Crippen LogP contribution in [0, 0.1) is 0 Å². The molecule has 1 rings (SSSR count). The first-order chi connectivity index (χ1) is 6.68. The fraction of sp³-hybridized carbons (Fsp3) is 0.300. The molecule has 0 aromatic heterocycles. The molecule has 0 aliphatic carbocycles. The Bertz CT molecular complexity index is 285. The Kier molecular flexibility index (Phi) is 4.19.